The fraction of sp³-hybridized carbons (Fsp3) is 0.400. The second-order valence-electron chi connectivity index (χ2n) is 7.22. The van der Waals surface area contributed by atoms with Gasteiger partial charge in [-0.25, -0.2) is 0 Å². The summed E-state index contributed by atoms with van der Waals surface area (Å²) in [7, 11) is 0. The molecule has 0 amide bonds. The fourth-order valence-corrected chi connectivity index (χ4v) is 4.61. The Morgan fingerprint density at radius 3 is 3.00 bits per heavy atom. The van der Waals surface area contributed by atoms with Crippen molar-refractivity contribution in [3.63, 3.8) is 0 Å². The standard InChI is InChI=1S/C20H21ClN2O2/c21-14-4-5-15-16(10-14)23-17-9-12-6-11(2-1-3-18(24)25)7-13(8-12)19(17)20(15)22/h4-6,10,12-13H,1-3,7-9H2,(H2,22,23)(H,24,25)/t12-,13+/m1/s1. The van der Waals surface area contributed by atoms with Crippen molar-refractivity contribution < 1.29 is 9.90 Å². The van der Waals surface area contributed by atoms with E-state index in [1.165, 1.54) is 11.1 Å². The zero-order valence-corrected chi connectivity index (χ0v) is 14.7. The number of nitrogens with zero attached hydrogens (tertiary/aromatic N) is 1. The summed E-state index contributed by atoms with van der Waals surface area (Å²) >= 11 is 6.11. The van der Waals surface area contributed by atoms with Gasteiger partial charge in [-0.05, 0) is 62.1 Å². The molecule has 2 bridgehead atoms. The average molecular weight is 357 g/mol. The van der Waals surface area contributed by atoms with Crippen molar-refractivity contribution in [2.24, 2.45) is 5.92 Å². The molecule has 0 saturated heterocycles. The highest BCUT2D eigenvalue weighted by Crippen LogP contribution is 2.47. The van der Waals surface area contributed by atoms with Gasteiger partial charge in [0.2, 0.25) is 0 Å². The number of halogens is 1. The van der Waals surface area contributed by atoms with E-state index in [4.69, 9.17) is 27.4 Å². The third-order valence-electron chi connectivity index (χ3n) is 5.43. The minimum absolute atomic E-state index is 0.234. The number of carboxylic acids is 1. The molecule has 130 valence electrons. The summed E-state index contributed by atoms with van der Waals surface area (Å²) in [5.41, 5.74) is 11.9. The van der Waals surface area contributed by atoms with Gasteiger partial charge >= 0.3 is 5.97 Å². The van der Waals surface area contributed by atoms with Crippen LogP contribution < -0.4 is 5.73 Å². The number of pyridine rings is 1. The molecule has 4 nitrogen and oxygen atoms in total. The van der Waals surface area contributed by atoms with Crippen molar-refractivity contribution >= 4 is 34.2 Å². The lowest BCUT2D eigenvalue weighted by atomic mass is 9.70. The predicted octanol–water partition coefficient (Wildman–Crippen LogP) is 4.70. The predicted molar refractivity (Wildman–Crippen MR) is 99.9 cm³/mol. The number of aliphatic carboxylic acids is 1. The maximum absolute atomic E-state index is 10.7. The molecule has 0 unspecified atom stereocenters. The molecule has 1 aromatic heterocycles. The number of aromatic nitrogens is 1. The van der Waals surface area contributed by atoms with E-state index in [1.54, 1.807) is 0 Å². The Balaban J connectivity index is 1.66. The van der Waals surface area contributed by atoms with Crippen LogP contribution in [0.2, 0.25) is 5.02 Å². The second kappa shape index (κ2) is 6.34. The van der Waals surface area contributed by atoms with Crippen LogP contribution in [0.25, 0.3) is 10.9 Å². The van der Waals surface area contributed by atoms with E-state index in [0.29, 0.717) is 23.3 Å². The Kier molecular flexibility index (Phi) is 4.16. The number of nitrogens with two attached hydrogens (primary N) is 1. The smallest absolute Gasteiger partial charge is 0.303 e. The molecule has 2 aliphatic carbocycles. The van der Waals surface area contributed by atoms with Gasteiger partial charge in [-0.15, -0.1) is 0 Å². The average Bonchev–Trinajstić information content (AvgIpc) is 2.53. The Morgan fingerprint density at radius 2 is 2.20 bits per heavy atom. The van der Waals surface area contributed by atoms with E-state index in [9.17, 15) is 4.79 Å². The van der Waals surface area contributed by atoms with E-state index < -0.39 is 5.97 Å². The summed E-state index contributed by atoms with van der Waals surface area (Å²) in [6, 6.07) is 5.70. The lowest BCUT2D eigenvalue weighted by Crippen LogP contribution is -2.24. The van der Waals surface area contributed by atoms with Gasteiger partial charge in [-0.3, -0.25) is 9.78 Å². The largest absolute Gasteiger partial charge is 0.481 e. The summed E-state index contributed by atoms with van der Waals surface area (Å²) in [6.45, 7) is 0. The van der Waals surface area contributed by atoms with Crippen LogP contribution in [0.1, 0.15) is 49.3 Å². The van der Waals surface area contributed by atoms with Gasteiger partial charge in [0.25, 0.3) is 0 Å². The number of anilines is 1. The highest BCUT2D eigenvalue weighted by atomic mass is 35.5. The van der Waals surface area contributed by atoms with Crippen LogP contribution in [0.4, 0.5) is 5.69 Å². The van der Waals surface area contributed by atoms with Crippen LogP contribution in [0.5, 0.6) is 0 Å². The lowest BCUT2D eigenvalue weighted by molar-refractivity contribution is -0.137. The molecule has 3 N–H and O–H groups in total. The Morgan fingerprint density at radius 1 is 1.36 bits per heavy atom. The van der Waals surface area contributed by atoms with Gasteiger partial charge in [0, 0.05) is 33.8 Å². The number of hydrogen-bond acceptors (Lipinski definition) is 3. The quantitative estimate of drug-likeness (QED) is 0.778. The fourth-order valence-electron chi connectivity index (χ4n) is 4.44. The maximum Gasteiger partial charge on any atom is 0.303 e. The van der Waals surface area contributed by atoms with Crippen LogP contribution in [0, 0.1) is 5.92 Å². The topological polar surface area (TPSA) is 76.2 Å². The van der Waals surface area contributed by atoms with Gasteiger partial charge in [0.15, 0.2) is 0 Å². The van der Waals surface area contributed by atoms with Crippen LogP contribution in [0.15, 0.2) is 29.8 Å². The first kappa shape index (κ1) is 16.4. The SMILES string of the molecule is Nc1c2c(nc3cc(Cl)ccc13)C[C@@H]1C=C(CCCC(=O)O)C[C@H]2C1. The number of rotatable bonds is 4. The zero-order valence-electron chi connectivity index (χ0n) is 14.0. The maximum atomic E-state index is 10.7. The first-order chi connectivity index (χ1) is 12.0. The zero-order chi connectivity index (χ0) is 17.6. The van der Waals surface area contributed by atoms with Crippen LogP contribution >= 0.6 is 11.6 Å². The highest BCUT2D eigenvalue weighted by molar-refractivity contribution is 6.31. The summed E-state index contributed by atoms with van der Waals surface area (Å²) in [5, 5.41) is 10.5. The van der Waals surface area contributed by atoms with Gasteiger partial charge < -0.3 is 10.8 Å². The van der Waals surface area contributed by atoms with E-state index >= 15 is 0 Å². The third kappa shape index (κ3) is 3.11. The van der Waals surface area contributed by atoms with Crippen molar-refractivity contribution in [1.29, 1.82) is 0 Å². The Hall–Kier alpha value is -2.07. The van der Waals surface area contributed by atoms with Gasteiger partial charge in [0.05, 0.1) is 5.52 Å². The lowest BCUT2D eigenvalue weighted by Gasteiger charge is -2.36. The molecule has 0 saturated carbocycles. The first-order valence-electron chi connectivity index (χ1n) is 8.80. The molecule has 2 aliphatic rings. The molecule has 2 atom stereocenters. The van der Waals surface area contributed by atoms with Gasteiger partial charge in [0.1, 0.15) is 0 Å². The number of benzene rings is 1. The molecule has 0 radical (unpaired) electrons. The van der Waals surface area contributed by atoms with Crippen molar-refractivity contribution in [3.05, 3.63) is 46.1 Å². The van der Waals surface area contributed by atoms with Crippen molar-refractivity contribution in [2.75, 3.05) is 5.73 Å². The molecule has 5 heteroatoms. The minimum Gasteiger partial charge on any atom is -0.481 e. The van der Waals surface area contributed by atoms with Crippen molar-refractivity contribution in [2.45, 2.75) is 44.4 Å². The van der Waals surface area contributed by atoms with E-state index in [2.05, 4.69) is 6.08 Å². The number of carboxylic acid groups (broad SMARTS) is 1. The molecule has 1 aromatic carbocycles. The van der Waals surface area contributed by atoms with Crippen LogP contribution in [-0.2, 0) is 11.2 Å². The number of carbonyl (C=O) groups is 1. The monoisotopic (exact) mass is 356 g/mol. The molecule has 2 aromatic rings. The summed E-state index contributed by atoms with van der Waals surface area (Å²) in [5.74, 6) is 0.154. The number of nitrogen functional groups attached to an aromatic ring is 1. The third-order valence-corrected chi connectivity index (χ3v) is 5.66. The molecule has 0 spiro atoms. The summed E-state index contributed by atoms with van der Waals surface area (Å²) in [4.78, 5) is 15.6. The normalized spacial score (nSPS) is 21.7. The number of allylic oxidation sites excluding steroid dienone is 2. The van der Waals surface area contributed by atoms with Crippen LogP contribution in [0.3, 0.4) is 0 Å². The minimum atomic E-state index is -0.722. The molecule has 0 aliphatic heterocycles. The Labute approximate surface area is 151 Å². The molecule has 4 rings (SSSR count). The van der Waals surface area contributed by atoms with E-state index in [-0.39, 0.29) is 6.42 Å². The van der Waals surface area contributed by atoms with Gasteiger partial charge in [-0.1, -0.05) is 23.3 Å². The van der Waals surface area contributed by atoms with E-state index in [0.717, 1.165) is 48.0 Å². The summed E-state index contributed by atoms with van der Waals surface area (Å²) in [6.07, 6.45) is 7.14. The summed E-state index contributed by atoms with van der Waals surface area (Å²) < 4.78 is 0. The highest BCUT2D eigenvalue weighted by Gasteiger charge is 2.33. The second-order valence-corrected chi connectivity index (χ2v) is 7.66. The van der Waals surface area contributed by atoms with Crippen molar-refractivity contribution in [1.82, 2.24) is 4.98 Å². The molecular weight excluding hydrogens is 336 g/mol. The molecular formula is C20H21ClN2O2. The molecule has 25 heavy (non-hydrogen) atoms. The van der Waals surface area contributed by atoms with Crippen LogP contribution in [-0.4, -0.2) is 16.1 Å². The number of fused-ring (bicyclic) bond motifs is 5. The first-order valence-corrected chi connectivity index (χ1v) is 9.18. The van der Waals surface area contributed by atoms with E-state index in [1.807, 2.05) is 18.2 Å². The van der Waals surface area contributed by atoms with Crippen molar-refractivity contribution in [3.8, 4) is 0 Å². The Bertz CT molecular complexity index is 891. The molecule has 0 fully saturated rings. The van der Waals surface area contributed by atoms with Gasteiger partial charge in [-0.2, -0.15) is 0 Å². The number of hydrogen-bond donors (Lipinski definition) is 2. The molecule has 1 heterocycles.